The lowest BCUT2D eigenvalue weighted by atomic mass is 9.65. The van der Waals surface area contributed by atoms with Gasteiger partial charge in [-0.2, -0.15) is 0 Å². The molecule has 0 radical (unpaired) electrons. The molecule has 0 N–H and O–H groups in total. The summed E-state index contributed by atoms with van der Waals surface area (Å²) in [6.07, 6.45) is 4.42. The van der Waals surface area contributed by atoms with Gasteiger partial charge in [0, 0.05) is 33.9 Å². The van der Waals surface area contributed by atoms with E-state index in [1.54, 1.807) is 26.4 Å². The van der Waals surface area contributed by atoms with Gasteiger partial charge in [-0.15, -0.1) is 0 Å². The van der Waals surface area contributed by atoms with Crippen molar-refractivity contribution < 1.29 is 36.7 Å². The summed E-state index contributed by atoms with van der Waals surface area (Å²) in [7, 11) is 1.24. The van der Waals surface area contributed by atoms with Gasteiger partial charge in [-0.3, -0.25) is 9.13 Å². The molecule has 1 aliphatic rings. The molecule has 188 valence electrons. The minimum atomic E-state index is -3.66. The van der Waals surface area contributed by atoms with Gasteiger partial charge >= 0.3 is 15.2 Å². The van der Waals surface area contributed by atoms with E-state index in [2.05, 4.69) is 0 Å². The van der Waals surface area contributed by atoms with Crippen molar-refractivity contribution in [3.05, 3.63) is 47.5 Å². The maximum Gasteiger partial charge on any atom is 0.361 e. The highest BCUT2D eigenvalue weighted by Gasteiger charge is 2.45. The molecule has 0 atom stereocenters. The first-order chi connectivity index (χ1) is 16.3. The summed E-state index contributed by atoms with van der Waals surface area (Å²) < 4.78 is 60.0. The molecule has 1 fully saturated rings. The molecule has 0 bridgehead atoms. The molecule has 1 aliphatic carbocycles. The Labute approximate surface area is 201 Å². The van der Waals surface area contributed by atoms with Gasteiger partial charge in [0.1, 0.15) is 11.5 Å². The Hall–Kier alpha value is -1.66. The summed E-state index contributed by atoms with van der Waals surface area (Å²) >= 11 is 0. The first kappa shape index (κ1) is 26.9. The first-order valence-corrected chi connectivity index (χ1v) is 14.2. The molecule has 0 spiro atoms. The second kappa shape index (κ2) is 10.9. The maximum absolute atomic E-state index is 13.7. The standard InChI is InChI=1S/C24H34O8P2/c1-27-18-10-12-20(22(16-18)33(25,29-3)30-4)24(14-8-7-9-15-24)21-13-11-19(28-2)17-23(21)34(26,31-5)32-6/h10-13,16-17H,7-9,14-15H2,1-6H3. The molecule has 0 aliphatic heterocycles. The monoisotopic (exact) mass is 512 g/mol. The SMILES string of the molecule is COc1ccc(C2(c3ccc(OC)cc3P(=O)(OC)OC)CCCCC2)c(P(=O)(OC)OC)c1. The molecule has 0 amide bonds. The number of rotatable bonds is 10. The summed E-state index contributed by atoms with van der Waals surface area (Å²) in [5.41, 5.74) is 0.927. The van der Waals surface area contributed by atoms with E-state index < -0.39 is 20.6 Å². The summed E-state index contributed by atoms with van der Waals surface area (Å²) in [6.45, 7) is 0. The van der Waals surface area contributed by atoms with Crippen molar-refractivity contribution in [2.75, 3.05) is 42.7 Å². The zero-order valence-electron chi connectivity index (χ0n) is 20.7. The van der Waals surface area contributed by atoms with E-state index in [4.69, 9.17) is 27.6 Å². The minimum Gasteiger partial charge on any atom is -0.497 e. The van der Waals surface area contributed by atoms with Crippen LogP contribution in [0, 0.1) is 0 Å². The molecule has 8 nitrogen and oxygen atoms in total. The number of hydrogen-bond acceptors (Lipinski definition) is 8. The molecule has 10 heteroatoms. The largest absolute Gasteiger partial charge is 0.497 e. The van der Waals surface area contributed by atoms with Crippen molar-refractivity contribution in [3.63, 3.8) is 0 Å². The Kier molecular flexibility index (Phi) is 8.67. The molecule has 2 aromatic carbocycles. The van der Waals surface area contributed by atoms with Gasteiger partial charge in [-0.25, -0.2) is 0 Å². The van der Waals surface area contributed by atoms with Gasteiger partial charge in [0.2, 0.25) is 0 Å². The second-order valence-electron chi connectivity index (χ2n) is 8.13. The van der Waals surface area contributed by atoms with Gasteiger partial charge in [-0.1, -0.05) is 31.4 Å². The van der Waals surface area contributed by atoms with Gasteiger partial charge in [-0.05, 0) is 48.2 Å². The van der Waals surface area contributed by atoms with Crippen molar-refractivity contribution in [1.29, 1.82) is 0 Å². The van der Waals surface area contributed by atoms with E-state index in [1.165, 1.54) is 28.4 Å². The fraction of sp³-hybridized carbons (Fsp3) is 0.500. The predicted molar refractivity (Wildman–Crippen MR) is 132 cm³/mol. The summed E-state index contributed by atoms with van der Waals surface area (Å²) in [5, 5.41) is 0.843. The van der Waals surface area contributed by atoms with Gasteiger partial charge < -0.3 is 27.6 Å². The highest BCUT2D eigenvalue weighted by Crippen LogP contribution is 2.55. The second-order valence-corrected chi connectivity index (χ2v) is 12.5. The van der Waals surface area contributed by atoms with Crippen LogP contribution in [0.1, 0.15) is 43.2 Å². The summed E-state index contributed by atoms with van der Waals surface area (Å²) in [5.74, 6) is 1.07. The maximum atomic E-state index is 13.7. The highest BCUT2D eigenvalue weighted by molar-refractivity contribution is 7.62. The van der Waals surface area contributed by atoms with Crippen LogP contribution in [0.25, 0.3) is 0 Å². The fourth-order valence-corrected chi connectivity index (χ4v) is 7.74. The normalized spacial score (nSPS) is 16.3. The Morgan fingerprint density at radius 1 is 0.618 bits per heavy atom. The van der Waals surface area contributed by atoms with Crippen LogP contribution in [0.15, 0.2) is 36.4 Å². The lowest BCUT2D eigenvalue weighted by Crippen LogP contribution is -2.39. The molecule has 2 aromatic rings. The smallest absolute Gasteiger partial charge is 0.361 e. The quantitative estimate of drug-likeness (QED) is 0.403. The first-order valence-electron chi connectivity index (χ1n) is 11.1. The van der Waals surface area contributed by atoms with Crippen LogP contribution in [0.5, 0.6) is 11.5 Å². The average Bonchev–Trinajstić information content (AvgIpc) is 2.91. The molecule has 3 rings (SSSR count). The predicted octanol–water partition coefficient (Wildman–Crippen LogP) is 5.18. The van der Waals surface area contributed by atoms with E-state index in [1.807, 2.05) is 24.3 Å². The number of hydrogen-bond donors (Lipinski definition) is 0. The third-order valence-corrected chi connectivity index (χ3v) is 10.5. The number of methoxy groups -OCH3 is 2. The zero-order chi connectivity index (χ0) is 25.0. The Morgan fingerprint density at radius 2 is 1.00 bits per heavy atom. The molecular formula is C24H34O8P2. The summed E-state index contributed by atoms with van der Waals surface area (Å²) in [4.78, 5) is 0. The van der Waals surface area contributed by atoms with Crippen LogP contribution in [-0.2, 0) is 32.6 Å². The molecule has 0 aromatic heterocycles. The van der Waals surface area contributed by atoms with Crippen LogP contribution in [0.3, 0.4) is 0 Å². The van der Waals surface area contributed by atoms with Gasteiger partial charge in [0.15, 0.2) is 0 Å². The topological polar surface area (TPSA) is 89.5 Å². The fourth-order valence-electron chi connectivity index (χ4n) is 4.92. The van der Waals surface area contributed by atoms with Crippen molar-refractivity contribution in [2.45, 2.75) is 37.5 Å². The molecule has 0 unspecified atom stereocenters. The Balaban J connectivity index is 2.42. The van der Waals surface area contributed by atoms with Crippen LogP contribution in [0.2, 0.25) is 0 Å². The molecule has 34 heavy (non-hydrogen) atoms. The molecule has 0 heterocycles. The van der Waals surface area contributed by atoms with E-state index in [0.717, 1.165) is 43.2 Å². The van der Waals surface area contributed by atoms with E-state index >= 15 is 0 Å². The van der Waals surface area contributed by atoms with Crippen molar-refractivity contribution in [3.8, 4) is 11.5 Å². The van der Waals surface area contributed by atoms with Crippen LogP contribution < -0.4 is 20.1 Å². The van der Waals surface area contributed by atoms with E-state index in [0.29, 0.717) is 22.1 Å². The van der Waals surface area contributed by atoms with Crippen molar-refractivity contribution in [2.24, 2.45) is 0 Å². The lowest BCUT2D eigenvalue weighted by molar-refractivity contribution is 0.284. The van der Waals surface area contributed by atoms with Gasteiger partial charge in [0.25, 0.3) is 0 Å². The lowest BCUT2D eigenvalue weighted by Gasteiger charge is -2.41. The Bertz CT molecular complexity index is 999. The Morgan fingerprint density at radius 3 is 1.32 bits per heavy atom. The zero-order valence-corrected chi connectivity index (χ0v) is 22.4. The van der Waals surface area contributed by atoms with Crippen LogP contribution >= 0.6 is 15.2 Å². The third-order valence-electron chi connectivity index (χ3n) is 6.70. The number of benzene rings is 2. The van der Waals surface area contributed by atoms with Crippen LogP contribution in [0.4, 0.5) is 0 Å². The molecule has 1 saturated carbocycles. The third kappa shape index (κ3) is 4.73. The summed E-state index contributed by atoms with van der Waals surface area (Å²) in [6, 6.07) is 10.9. The van der Waals surface area contributed by atoms with E-state index in [9.17, 15) is 9.13 Å². The van der Waals surface area contributed by atoms with Gasteiger partial charge in [0.05, 0.1) is 24.8 Å². The van der Waals surface area contributed by atoms with E-state index in [-0.39, 0.29) is 0 Å². The average molecular weight is 512 g/mol. The highest BCUT2D eigenvalue weighted by atomic mass is 31.2. The minimum absolute atomic E-state index is 0.421. The number of ether oxygens (including phenoxy) is 2. The molecule has 0 saturated heterocycles. The molecular weight excluding hydrogens is 478 g/mol. The van der Waals surface area contributed by atoms with Crippen LogP contribution in [-0.4, -0.2) is 42.7 Å². The van der Waals surface area contributed by atoms with Crippen molar-refractivity contribution in [1.82, 2.24) is 0 Å². The van der Waals surface area contributed by atoms with Crippen molar-refractivity contribution >= 4 is 25.8 Å².